The third kappa shape index (κ3) is 9.50. The van der Waals surface area contributed by atoms with Crippen LogP contribution in [-0.4, -0.2) is 24.1 Å². The Bertz CT molecular complexity index is 4840. The Kier molecular flexibility index (Phi) is 13.0. The van der Waals surface area contributed by atoms with Gasteiger partial charge < -0.3 is 9.13 Å². The second-order valence-electron chi connectivity index (χ2n) is 20.2. The highest BCUT2D eigenvalue weighted by molar-refractivity contribution is 6.13. The molecule has 0 fully saturated rings. The molecule has 13 aromatic rings. The minimum absolute atomic E-state index is 0.0259. The first kappa shape index (κ1) is 54.7. The summed E-state index contributed by atoms with van der Waals surface area (Å²) in [5.74, 6) is 0.706. The molecule has 3 heterocycles. The highest BCUT2D eigenvalue weighted by Gasteiger charge is 2.40. The van der Waals surface area contributed by atoms with Crippen molar-refractivity contribution < 1.29 is 52.7 Å². The van der Waals surface area contributed by atoms with E-state index in [2.05, 4.69) is 6.07 Å². The minimum Gasteiger partial charge on any atom is -0.309 e. The fourth-order valence-electron chi connectivity index (χ4n) is 11.4. The van der Waals surface area contributed by atoms with Crippen LogP contribution in [0.25, 0.3) is 123 Å². The molecule has 6 nitrogen and oxygen atoms in total. The predicted molar refractivity (Wildman–Crippen MR) is 306 cm³/mol. The summed E-state index contributed by atoms with van der Waals surface area (Å²) < 4.78 is 176. The number of alkyl halides is 12. The number of para-hydroxylation sites is 2. The molecule has 0 spiro atoms. The van der Waals surface area contributed by atoms with E-state index in [-0.39, 0.29) is 46.3 Å². The van der Waals surface area contributed by atoms with Crippen LogP contribution in [0.5, 0.6) is 0 Å². The number of benzene rings is 10. The largest absolute Gasteiger partial charge is 0.417 e. The summed E-state index contributed by atoms with van der Waals surface area (Å²) in [6.07, 6.45) is -20.5. The zero-order valence-corrected chi connectivity index (χ0v) is 44.0. The molecule has 0 unspecified atom stereocenters. The summed E-state index contributed by atoms with van der Waals surface area (Å²) in [7, 11) is 0. The average Bonchev–Trinajstić information content (AvgIpc) is 1.56. The SMILES string of the molecule is N#Cc1cccc(-n2c3ccccc3c3cc(-c4ccc(C(F)(F)F)cc4C(F)(F)F)ccc32)c1-c1c(-c2nc(-c3ccccc3)nc(-c3ccccc3)n2)cccc1-n1c2ccccc2c2cc(-c3ccc(C(F)(F)F)cc3C(F)(F)F)ccc21. The molecule has 0 aliphatic heterocycles. The maximum atomic E-state index is 14.8. The van der Waals surface area contributed by atoms with E-state index in [9.17, 15) is 57.9 Å². The summed E-state index contributed by atoms with van der Waals surface area (Å²) >= 11 is 0. The van der Waals surface area contributed by atoms with Gasteiger partial charge in [-0.1, -0.05) is 140 Å². The number of nitrogens with zero attached hydrogens (tertiary/aromatic N) is 6. The molecule has 0 saturated carbocycles. The van der Waals surface area contributed by atoms with Gasteiger partial charge >= 0.3 is 24.7 Å². The van der Waals surface area contributed by atoms with Gasteiger partial charge in [-0.05, 0) is 101 Å². The number of hydrogen-bond acceptors (Lipinski definition) is 4. The Morgan fingerprint density at radius 2 is 0.721 bits per heavy atom. The van der Waals surface area contributed by atoms with Crippen molar-refractivity contribution in [1.29, 1.82) is 5.26 Å². The van der Waals surface area contributed by atoms with E-state index in [0.717, 1.165) is 12.1 Å². The van der Waals surface area contributed by atoms with Crippen LogP contribution in [-0.2, 0) is 24.7 Å². The van der Waals surface area contributed by atoms with Crippen LogP contribution in [0.1, 0.15) is 27.8 Å². The van der Waals surface area contributed by atoms with Crippen LogP contribution in [0.15, 0.2) is 218 Å². The second-order valence-corrected chi connectivity index (χ2v) is 20.2. The Morgan fingerprint density at radius 1 is 0.314 bits per heavy atom. The first-order valence-corrected chi connectivity index (χ1v) is 26.3. The van der Waals surface area contributed by atoms with Gasteiger partial charge in [0.05, 0.1) is 67.3 Å². The van der Waals surface area contributed by atoms with Crippen LogP contribution in [0, 0.1) is 11.3 Å². The molecule has 13 rings (SSSR count). The molecular formula is C68H36F12N6. The number of nitriles is 1. The lowest BCUT2D eigenvalue weighted by Gasteiger charge is -2.22. The number of hydrogen-bond donors (Lipinski definition) is 0. The van der Waals surface area contributed by atoms with Crippen LogP contribution < -0.4 is 0 Å². The smallest absolute Gasteiger partial charge is 0.309 e. The number of aromatic nitrogens is 5. The second kappa shape index (κ2) is 20.4. The number of rotatable bonds is 8. The van der Waals surface area contributed by atoms with E-state index in [1.807, 2.05) is 69.8 Å². The lowest BCUT2D eigenvalue weighted by Crippen LogP contribution is -2.12. The Labute approximate surface area is 479 Å². The van der Waals surface area contributed by atoms with Gasteiger partial charge in [-0.15, -0.1) is 0 Å². The van der Waals surface area contributed by atoms with Crippen molar-refractivity contribution in [2.45, 2.75) is 24.7 Å². The maximum Gasteiger partial charge on any atom is 0.417 e. The highest BCUT2D eigenvalue weighted by atomic mass is 19.4. The molecule has 0 bridgehead atoms. The monoisotopic (exact) mass is 1160 g/mol. The molecule has 0 amide bonds. The minimum atomic E-state index is -5.18. The molecule has 10 aromatic carbocycles. The van der Waals surface area contributed by atoms with Crippen LogP contribution >= 0.6 is 0 Å². The van der Waals surface area contributed by atoms with Crippen molar-refractivity contribution in [2.24, 2.45) is 0 Å². The fourth-order valence-corrected chi connectivity index (χ4v) is 11.4. The van der Waals surface area contributed by atoms with Crippen molar-refractivity contribution in [3.63, 3.8) is 0 Å². The third-order valence-electron chi connectivity index (χ3n) is 15.1. The van der Waals surface area contributed by atoms with E-state index < -0.39 is 58.1 Å². The van der Waals surface area contributed by atoms with Gasteiger partial charge in [0, 0.05) is 49.4 Å². The van der Waals surface area contributed by atoms with Crippen molar-refractivity contribution in [1.82, 2.24) is 24.1 Å². The first-order valence-electron chi connectivity index (χ1n) is 26.3. The fraction of sp³-hybridized carbons (Fsp3) is 0.0588. The van der Waals surface area contributed by atoms with Gasteiger partial charge in [0.25, 0.3) is 0 Å². The van der Waals surface area contributed by atoms with Crippen molar-refractivity contribution in [3.8, 4) is 85.0 Å². The van der Waals surface area contributed by atoms with Crippen molar-refractivity contribution in [3.05, 3.63) is 246 Å². The summed E-state index contributed by atoms with van der Waals surface area (Å²) in [5, 5.41) is 13.3. The maximum absolute atomic E-state index is 14.8. The molecule has 0 aliphatic carbocycles. The topological polar surface area (TPSA) is 72.3 Å². The van der Waals surface area contributed by atoms with Crippen LogP contribution in [0.4, 0.5) is 52.7 Å². The van der Waals surface area contributed by atoms with E-state index in [0.29, 0.717) is 94.9 Å². The van der Waals surface area contributed by atoms with E-state index in [1.165, 1.54) is 24.3 Å². The molecule has 18 heteroatoms. The van der Waals surface area contributed by atoms with Crippen molar-refractivity contribution >= 4 is 43.6 Å². The quantitative estimate of drug-likeness (QED) is 0.142. The molecule has 422 valence electrons. The average molecular weight is 1170 g/mol. The number of halogens is 12. The zero-order valence-electron chi connectivity index (χ0n) is 44.0. The molecule has 86 heavy (non-hydrogen) atoms. The lowest BCUT2D eigenvalue weighted by molar-refractivity contribution is -0.144. The Balaban J connectivity index is 1.12. The van der Waals surface area contributed by atoms with E-state index in [4.69, 9.17) is 15.0 Å². The Morgan fingerprint density at radius 3 is 1.16 bits per heavy atom. The van der Waals surface area contributed by atoms with Gasteiger partial charge in [0.15, 0.2) is 17.5 Å². The van der Waals surface area contributed by atoms with Crippen LogP contribution in [0.2, 0.25) is 0 Å². The third-order valence-corrected chi connectivity index (χ3v) is 15.1. The van der Waals surface area contributed by atoms with Crippen LogP contribution in [0.3, 0.4) is 0 Å². The molecule has 0 radical (unpaired) electrons. The number of fused-ring (bicyclic) bond motifs is 6. The molecular weight excluding hydrogens is 1130 g/mol. The van der Waals surface area contributed by atoms with E-state index >= 15 is 0 Å². The summed E-state index contributed by atoms with van der Waals surface area (Å²) in [4.78, 5) is 15.2. The normalized spacial score (nSPS) is 12.4. The molecule has 0 N–H and O–H groups in total. The standard InChI is InChI=1S/C68H36F12N6/c69-65(70,71)43-27-29-45(52(35-43)67(75,76)77)40-25-31-56-50(33-40)47-18-7-9-21-54(47)85(56)58-23-11-17-42(37-81)60(58)61-49(64-83-62(38-13-3-1-4-14-38)82-63(84-64)39-15-5-2-6-16-39)20-12-24-59(61)86-55-22-10-8-19-48(55)51-34-41(26-32-57(51)86)46-30-28-44(66(72,73)74)36-53(46)68(78,79)80/h1-36H. The summed E-state index contributed by atoms with van der Waals surface area (Å²) in [6, 6.07) is 56.9. The van der Waals surface area contributed by atoms with Gasteiger partial charge in [-0.3, -0.25) is 0 Å². The van der Waals surface area contributed by atoms with Gasteiger partial charge in [-0.2, -0.15) is 57.9 Å². The van der Waals surface area contributed by atoms with Crippen molar-refractivity contribution in [2.75, 3.05) is 0 Å². The molecule has 0 atom stereocenters. The van der Waals surface area contributed by atoms with Gasteiger partial charge in [0.2, 0.25) is 0 Å². The zero-order chi connectivity index (χ0) is 60.0. The predicted octanol–water partition coefficient (Wildman–Crippen LogP) is 20.0. The lowest BCUT2D eigenvalue weighted by atomic mass is 9.91. The molecule has 0 aliphatic rings. The summed E-state index contributed by atoms with van der Waals surface area (Å²) in [5.41, 5.74) is -1.91. The van der Waals surface area contributed by atoms with E-state index in [1.54, 1.807) is 97.1 Å². The highest BCUT2D eigenvalue weighted by Crippen LogP contribution is 2.49. The molecule has 0 saturated heterocycles. The molecule has 3 aromatic heterocycles. The summed E-state index contributed by atoms with van der Waals surface area (Å²) in [6.45, 7) is 0. The Hall–Kier alpha value is -10.5. The van der Waals surface area contributed by atoms with Gasteiger partial charge in [-0.25, -0.2) is 15.0 Å². The van der Waals surface area contributed by atoms with Gasteiger partial charge in [0.1, 0.15) is 0 Å². The first-order chi connectivity index (χ1) is 41.2.